The summed E-state index contributed by atoms with van der Waals surface area (Å²) in [5.74, 6) is 0.524. The average Bonchev–Trinajstić information content (AvgIpc) is 2.66. The maximum atomic E-state index is 10.9. The molecule has 0 N–H and O–H groups in total. The van der Waals surface area contributed by atoms with Crippen LogP contribution in [0.3, 0.4) is 0 Å². The summed E-state index contributed by atoms with van der Waals surface area (Å²) in [6, 6.07) is 7.01. The lowest BCUT2D eigenvalue weighted by Gasteiger charge is -2.23. The standard InChI is InChI=1S/C17H6N4O5/c22-6-18-13-11-5-10-3-1-2-4-12(10)26-17(11)16(21-9-25)15(20-8-24)14(13)19-7-23/h1-4H,5H2. The Kier molecular flexibility index (Phi) is 4.54. The Hall–Kier alpha value is -4.24. The van der Waals surface area contributed by atoms with Gasteiger partial charge in [-0.1, -0.05) is 18.2 Å². The summed E-state index contributed by atoms with van der Waals surface area (Å²) in [7, 11) is 0. The van der Waals surface area contributed by atoms with Crippen LogP contribution in [0.5, 0.6) is 11.5 Å². The van der Waals surface area contributed by atoms with Gasteiger partial charge in [0.25, 0.3) is 0 Å². The number of hydrogen-bond acceptors (Lipinski definition) is 9. The van der Waals surface area contributed by atoms with Crippen LogP contribution < -0.4 is 4.74 Å². The highest BCUT2D eigenvalue weighted by Crippen LogP contribution is 2.56. The topological polar surface area (TPSA) is 127 Å². The molecule has 1 heterocycles. The van der Waals surface area contributed by atoms with Crippen molar-refractivity contribution in [2.45, 2.75) is 6.42 Å². The second-order valence-electron chi connectivity index (χ2n) is 4.90. The smallest absolute Gasteiger partial charge is 0.240 e. The fourth-order valence-corrected chi connectivity index (χ4v) is 2.67. The number of hydrogen-bond donors (Lipinski definition) is 0. The maximum absolute atomic E-state index is 10.9. The van der Waals surface area contributed by atoms with Crippen LogP contribution in [0.1, 0.15) is 11.1 Å². The Morgan fingerprint density at radius 2 is 1.27 bits per heavy atom. The highest BCUT2D eigenvalue weighted by molar-refractivity contribution is 5.95. The molecule has 2 aromatic rings. The van der Waals surface area contributed by atoms with E-state index in [4.69, 9.17) is 4.74 Å². The molecule has 0 aromatic heterocycles. The van der Waals surface area contributed by atoms with Crippen molar-refractivity contribution in [1.82, 2.24) is 0 Å². The van der Waals surface area contributed by atoms with Crippen LogP contribution in [0.15, 0.2) is 44.2 Å². The second-order valence-corrected chi connectivity index (χ2v) is 4.90. The molecule has 0 bridgehead atoms. The van der Waals surface area contributed by atoms with Crippen molar-refractivity contribution >= 4 is 47.1 Å². The molecule has 26 heavy (non-hydrogen) atoms. The van der Waals surface area contributed by atoms with Crippen LogP contribution in [0.2, 0.25) is 0 Å². The van der Waals surface area contributed by atoms with E-state index < -0.39 is 0 Å². The summed E-state index contributed by atoms with van der Waals surface area (Å²) in [6.45, 7) is 0. The van der Waals surface area contributed by atoms with Crippen LogP contribution in [-0.2, 0) is 25.6 Å². The van der Waals surface area contributed by atoms with E-state index in [9.17, 15) is 19.2 Å². The maximum Gasteiger partial charge on any atom is 0.240 e. The van der Waals surface area contributed by atoms with Gasteiger partial charge in [-0.15, -0.1) is 0 Å². The lowest BCUT2D eigenvalue weighted by molar-refractivity contribution is 0.462. The van der Waals surface area contributed by atoms with Crippen molar-refractivity contribution in [1.29, 1.82) is 0 Å². The number of nitrogens with zero attached hydrogens (tertiary/aromatic N) is 4. The number of isocyanates is 4. The molecule has 0 aliphatic carbocycles. The zero-order valence-electron chi connectivity index (χ0n) is 12.8. The molecule has 0 saturated heterocycles. The predicted molar refractivity (Wildman–Crippen MR) is 86.9 cm³/mol. The Morgan fingerprint density at radius 3 is 1.92 bits per heavy atom. The van der Waals surface area contributed by atoms with Gasteiger partial charge in [0.05, 0.1) is 0 Å². The molecule has 3 rings (SSSR count). The lowest BCUT2D eigenvalue weighted by atomic mass is 9.96. The van der Waals surface area contributed by atoms with Crippen LogP contribution in [0.25, 0.3) is 0 Å². The van der Waals surface area contributed by atoms with Gasteiger partial charge in [0, 0.05) is 12.0 Å². The van der Waals surface area contributed by atoms with E-state index in [1.807, 2.05) is 0 Å². The summed E-state index contributed by atoms with van der Waals surface area (Å²) in [5, 5.41) is 0. The zero-order valence-corrected chi connectivity index (χ0v) is 12.8. The molecule has 0 amide bonds. The molecule has 124 valence electrons. The van der Waals surface area contributed by atoms with Crippen LogP contribution in [0.4, 0.5) is 22.7 Å². The van der Waals surface area contributed by atoms with Gasteiger partial charge < -0.3 is 4.74 Å². The predicted octanol–water partition coefficient (Wildman–Crippen LogP) is 3.25. The number of benzene rings is 2. The summed E-state index contributed by atoms with van der Waals surface area (Å²) >= 11 is 0. The number of aliphatic imine (C=N–C) groups is 4. The molecule has 2 aromatic carbocycles. The fourth-order valence-electron chi connectivity index (χ4n) is 2.67. The van der Waals surface area contributed by atoms with E-state index in [0.717, 1.165) is 5.56 Å². The fraction of sp³-hybridized carbons (Fsp3) is 0.0588. The molecule has 0 saturated carbocycles. The summed E-state index contributed by atoms with van der Waals surface area (Å²) in [4.78, 5) is 57.3. The third kappa shape index (κ3) is 2.70. The van der Waals surface area contributed by atoms with E-state index in [2.05, 4.69) is 20.0 Å². The van der Waals surface area contributed by atoms with E-state index in [0.29, 0.717) is 11.3 Å². The monoisotopic (exact) mass is 346 g/mol. The first-order valence-electron chi connectivity index (χ1n) is 7.05. The van der Waals surface area contributed by atoms with Gasteiger partial charge in [-0.2, -0.15) is 20.0 Å². The second kappa shape index (κ2) is 7.11. The Morgan fingerprint density at radius 1 is 0.731 bits per heavy atom. The van der Waals surface area contributed by atoms with Crippen molar-refractivity contribution in [2.75, 3.05) is 0 Å². The van der Waals surface area contributed by atoms with Crippen molar-refractivity contribution in [3.8, 4) is 11.5 Å². The third-order valence-electron chi connectivity index (χ3n) is 3.63. The average molecular weight is 346 g/mol. The SMILES string of the molecule is O=C=Nc1c2c(c(N=C=O)c(N=C=O)c1N=C=O)Oc1ccccc1C2. The van der Waals surface area contributed by atoms with E-state index in [1.54, 1.807) is 24.3 Å². The highest BCUT2D eigenvalue weighted by atomic mass is 16.5. The number of carbonyl (C=O) groups excluding carboxylic acids is 4. The zero-order chi connectivity index (χ0) is 18.5. The first kappa shape index (κ1) is 16.6. The van der Waals surface area contributed by atoms with Gasteiger partial charge in [-0.25, -0.2) is 19.2 Å². The minimum atomic E-state index is -0.321. The molecule has 9 nitrogen and oxygen atoms in total. The molecular weight excluding hydrogens is 340 g/mol. The van der Waals surface area contributed by atoms with Crippen LogP contribution >= 0.6 is 0 Å². The molecule has 0 fully saturated rings. The summed E-state index contributed by atoms with van der Waals surface area (Å²) in [6.07, 6.45) is 5.50. The molecule has 1 aliphatic rings. The van der Waals surface area contributed by atoms with Crippen LogP contribution in [-0.4, -0.2) is 24.3 Å². The quantitative estimate of drug-likeness (QED) is 0.529. The number of ether oxygens (including phenoxy) is 1. The van der Waals surface area contributed by atoms with E-state index in [1.165, 1.54) is 24.3 Å². The van der Waals surface area contributed by atoms with E-state index in [-0.39, 0.29) is 34.9 Å². The van der Waals surface area contributed by atoms with Crippen molar-refractivity contribution in [3.63, 3.8) is 0 Å². The molecule has 0 unspecified atom stereocenters. The summed E-state index contributed by atoms with van der Waals surface area (Å²) in [5.41, 5.74) is 0.204. The van der Waals surface area contributed by atoms with Gasteiger partial charge >= 0.3 is 0 Å². The van der Waals surface area contributed by atoms with Gasteiger partial charge in [-0.05, 0) is 11.6 Å². The Balaban J connectivity index is 2.49. The minimum Gasteiger partial charge on any atom is -0.454 e. The molecule has 9 heteroatoms. The van der Waals surface area contributed by atoms with Crippen molar-refractivity contribution < 1.29 is 23.9 Å². The molecule has 0 radical (unpaired) electrons. The minimum absolute atomic E-state index is 0.0416. The molecule has 1 aliphatic heterocycles. The first-order chi connectivity index (χ1) is 12.7. The van der Waals surface area contributed by atoms with Crippen molar-refractivity contribution in [3.05, 3.63) is 35.4 Å². The largest absolute Gasteiger partial charge is 0.454 e. The molecule has 0 spiro atoms. The number of para-hydroxylation sites is 1. The first-order valence-corrected chi connectivity index (χ1v) is 7.05. The number of fused-ring (bicyclic) bond motifs is 2. The molecule has 0 atom stereocenters. The van der Waals surface area contributed by atoms with Crippen molar-refractivity contribution in [2.24, 2.45) is 20.0 Å². The lowest BCUT2D eigenvalue weighted by Crippen LogP contribution is -2.04. The number of rotatable bonds is 4. The van der Waals surface area contributed by atoms with Crippen LogP contribution in [0, 0.1) is 0 Å². The third-order valence-corrected chi connectivity index (χ3v) is 3.63. The van der Waals surface area contributed by atoms with Gasteiger partial charge in [-0.3, -0.25) is 0 Å². The molecular formula is C17H6N4O5. The van der Waals surface area contributed by atoms with Gasteiger partial charge in [0.2, 0.25) is 24.3 Å². The Labute approximate surface area is 145 Å². The highest BCUT2D eigenvalue weighted by Gasteiger charge is 2.30. The van der Waals surface area contributed by atoms with Gasteiger partial charge in [0.15, 0.2) is 5.75 Å². The Bertz CT molecular complexity index is 1030. The van der Waals surface area contributed by atoms with Gasteiger partial charge in [0.1, 0.15) is 28.5 Å². The normalized spacial score (nSPS) is 10.5. The summed E-state index contributed by atoms with van der Waals surface area (Å²) < 4.78 is 5.78. The van der Waals surface area contributed by atoms with E-state index >= 15 is 0 Å².